The number of hydrogen-bond donors (Lipinski definition) is 1. The Morgan fingerprint density at radius 1 is 1.10 bits per heavy atom. The maximum Gasteiger partial charge on any atom is 0.119 e. The molecule has 0 atom stereocenters. The normalized spacial score (nSPS) is 14.6. The Bertz CT molecular complexity index is 590. The molecule has 1 aromatic heterocycles. The van der Waals surface area contributed by atoms with Gasteiger partial charge in [0.05, 0.1) is 6.61 Å². The molecule has 0 spiro atoms. The lowest BCUT2D eigenvalue weighted by Crippen LogP contribution is -2.19. The molecule has 0 fully saturated rings. The molecule has 2 aromatic rings. The molecular weight excluding hydrogens is 260 g/mol. The summed E-state index contributed by atoms with van der Waals surface area (Å²) in [6.07, 6.45) is 6.01. The third-order valence-corrected chi connectivity index (χ3v) is 3.64. The molecule has 0 radical (unpaired) electrons. The van der Waals surface area contributed by atoms with Gasteiger partial charge in [-0.2, -0.15) is 0 Å². The van der Waals surface area contributed by atoms with Crippen molar-refractivity contribution in [1.82, 2.24) is 10.3 Å². The summed E-state index contributed by atoms with van der Waals surface area (Å²) >= 11 is 0. The quantitative estimate of drug-likeness (QED) is 0.914. The number of nitrogens with one attached hydrogen (secondary N) is 1. The lowest BCUT2D eigenvalue weighted by molar-refractivity contribution is 0.320. The average molecular weight is 280 g/mol. The predicted octanol–water partition coefficient (Wildman–Crippen LogP) is 3.08. The lowest BCUT2D eigenvalue weighted by Gasteiger charge is -2.14. The van der Waals surface area contributed by atoms with Crippen molar-refractivity contribution in [3.8, 4) is 5.75 Å². The van der Waals surface area contributed by atoms with Gasteiger partial charge in [-0.15, -0.1) is 0 Å². The van der Waals surface area contributed by atoms with Gasteiger partial charge in [-0.3, -0.25) is 4.98 Å². The number of rotatable bonds is 5. The van der Waals surface area contributed by atoms with Crippen LogP contribution in [-0.4, -0.2) is 24.7 Å². The monoisotopic (exact) mass is 280 g/mol. The maximum absolute atomic E-state index is 5.78. The molecule has 108 valence electrons. The van der Waals surface area contributed by atoms with Crippen LogP contribution in [0.4, 0.5) is 0 Å². The van der Waals surface area contributed by atoms with Gasteiger partial charge in [-0.25, -0.2) is 0 Å². The molecule has 0 saturated heterocycles. The summed E-state index contributed by atoms with van der Waals surface area (Å²) in [6.45, 7) is 2.69. The summed E-state index contributed by atoms with van der Waals surface area (Å²) in [4.78, 5) is 4.29. The number of aromatic nitrogens is 1. The molecular formula is C18H20N2O. The van der Waals surface area contributed by atoms with E-state index in [-0.39, 0.29) is 0 Å². The predicted molar refractivity (Wildman–Crippen MR) is 85.3 cm³/mol. The highest BCUT2D eigenvalue weighted by Gasteiger charge is 2.05. The molecule has 0 saturated carbocycles. The van der Waals surface area contributed by atoms with E-state index in [9.17, 15) is 0 Å². The number of pyridine rings is 1. The van der Waals surface area contributed by atoms with Gasteiger partial charge in [0.2, 0.25) is 0 Å². The minimum Gasteiger partial charge on any atom is -0.493 e. The topological polar surface area (TPSA) is 34.1 Å². The van der Waals surface area contributed by atoms with E-state index in [1.54, 1.807) is 0 Å². The molecule has 1 N–H and O–H groups in total. The number of benzene rings is 1. The average Bonchev–Trinajstić information content (AvgIpc) is 2.57. The molecule has 21 heavy (non-hydrogen) atoms. The summed E-state index contributed by atoms with van der Waals surface area (Å²) in [5.74, 6) is 0.921. The van der Waals surface area contributed by atoms with Crippen LogP contribution in [0.3, 0.4) is 0 Å². The molecule has 0 amide bonds. The van der Waals surface area contributed by atoms with Crippen molar-refractivity contribution in [3.63, 3.8) is 0 Å². The largest absolute Gasteiger partial charge is 0.493 e. The second-order valence-electron chi connectivity index (χ2n) is 5.13. The first kappa shape index (κ1) is 13.8. The van der Waals surface area contributed by atoms with Crippen LogP contribution >= 0.6 is 0 Å². The second kappa shape index (κ2) is 7.04. The van der Waals surface area contributed by atoms with Gasteiger partial charge in [-0.05, 0) is 48.4 Å². The first-order valence-electron chi connectivity index (χ1n) is 7.45. The Kier molecular flexibility index (Phi) is 4.64. The van der Waals surface area contributed by atoms with Crippen LogP contribution in [0.1, 0.15) is 17.7 Å². The van der Waals surface area contributed by atoms with Crippen molar-refractivity contribution in [2.24, 2.45) is 0 Å². The van der Waals surface area contributed by atoms with Crippen molar-refractivity contribution in [3.05, 3.63) is 66.0 Å². The third-order valence-electron chi connectivity index (χ3n) is 3.64. The van der Waals surface area contributed by atoms with Crippen LogP contribution in [0.25, 0.3) is 5.57 Å². The lowest BCUT2D eigenvalue weighted by atomic mass is 10.0. The molecule has 0 unspecified atom stereocenters. The van der Waals surface area contributed by atoms with Crippen LogP contribution < -0.4 is 10.1 Å². The molecule has 3 nitrogen and oxygen atoms in total. The standard InChI is InChI=1S/C18H20N2O/c1-2-11-20-17(3-1)10-14-21-18-6-4-15(5-7-18)16-8-12-19-13-9-16/h1-8,11,19H,9-10,12-14H2. The highest BCUT2D eigenvalue weighted by atomic mass is 16.5. The fourth-order valence-corrected chi connectivity index (χ4v) is 2.47. The van der Waals surface area contributed by atoms with Crippen molar-refractivity contribution in [2.45, 2.75) is 12.8 Å². The van der Waals surface area contributed by atoms with Gasteiger partial charge in [0, 0.05) is 24.9 Å². The zero-order valence-electron chi connectivity index (χ0n) is 12.1. The zero-order valence-corrected chi connectivity index (χ0v) is 12.1. The van der Waals surface area contributed by atoms with E-state index in [0.717, 1.165) is 37.4 Å². The summed E-state index contributed by atoms with van der Waals surface area (Å²) in [7, 11) is 0. The van der Waals surface area contributed by atoms with Crippen molar-refractivity contribution >= 4 is 5.57 Å². The molecule has 3 heteroatoms. The molecule has 3 rings (SSSR count). The number of ether oxygens (including phenoxy) is 1. The fraction of sp³-hybridized carbons (Fsp3) is 0.278. The first-order chi connectivity index (χ1) is 10.4. The smallest absolute Gasteiger partial charge is 0.119 e. The summed E-state index contributed by atoms with van der Waals surface area (Å²) in [5, 5.41) is 3.33. The van der Waals surface area contributed by atoms with E-state index >= 15 is 0 Å². The van der Waals surface area contributed by atoms with Gasteiger partial charge >= 0.3 is 0 Å². The highest BCUT2D eigenvalue weighted by molar-refractivity contribution is 5.67. The van der Waals surface area contributed by atoms with E-state index in [0.29, 0.717) is 6.61 Å². The summed E-state index contributed by atoms with van der Waals surface area (Å²) < 4.78 is 5.78. The molecule has 1 aliphatic heterocycles. The van der Waals surface area contributed by atoms with Crippen molar-refractivity contribution in [1.29, 1.82) is 0 Å². The van der Waals surface area contributed by atoms with Gasteiger partial charge in [-0.1, -0.05) is 24.3 Å². The fourth-order valence-electron chi connectivity index (χ4n) is 2.47. The van der Waals surface area contributed by atoms with E-state index in [2.05, 4.69) is 40.6 Å². The van der Waals surface area contributed by atoms with E-state index < -0.39 is 0 Å². The minimum absolute atomic E-state index is 0.656. The van der Waals surface area contributed by atoms with Gasteiger partial charge in [0.25, 0.3) is 0 Å². The SMILES string of the molecule is C1=C(c2ccc(OCCc3ccccn3)cc2)CCNC1. The van der Waals surface area contributed by atoms with Crippen LogP contribution in [0.2, 0.25) is 0 Å². The molecule has 0 aliphatic carbocycles. The van der Waals surface area contributed by atoms with Crippen LogP contribution in [0.5, 0.6) is 5.75 Å². The third kappa shape index (κ3) is 3.92. The Labute approximate surface area is 125 Å². The molecule has 1 aromatic carbocycles. The van der Waals surface area contributed by atoms with Gasteiger partial charge < -0.3 is 10.1 Å². The van der Waals surface area contributed by atoms with Gasteiger partial charge in [0.1, 0.15) is 5.75 Å². The van der Waals surface area contributed by atoms with Crippen molar-refractivity contribution in [2.75, 3.05) is 19.7 Å². The Morgan fingerprint density at radius 3 is 2.71 bits per heavy atom. The Balaban J connectivity index is 1.54. The second-order valence-corrected chi connectivity index (χ2v) is 5.13. The van der Waals surface area contributed by atoms with Crippen LogP contribution in [-0.2, 0) is 6.42 Å². The van der Waals surface area contributed by atoms with E-state index in [4.69, 9.17) is 4.74 Å². The Morgan fingerprint density at radius 2 is 2.00 bits per heavy atom. The van der Waals surface area contributed by atoms with E-state index in [1.807, 2.05) is 24.4 Å². The maximum atomic E-state index is 5.78. The Hall–Kier alpha value is -2.13. The van der Waals surface area contributed by atoms with Crippen LogP contribution in [0, 0.1) is 0 Å². The van der Waals surface area contributed by atoms with Crippen LogP contribution in [0.15, 0.2) is 54.7 Å². The minimum atomic E-state index is 0.656. The van der Waals surface area contributed by atoms with Crippen molar-refractivity contribution < 1.29 is 4.74 Å². The first-order valence-corrected chi connectivity index (χ1v) is 7.45. The number of nitrogens with zero attached hydrogens (tertiary/aromatic N) is 1. The number of hydrogen-bond acceptors (Lipinski definition) is 3. The summed E-state index contributed by atoms with van der Waals surface area (Å²) in [5.41, 5.74) is 3.79. The van der Waals surface area contributed by atoms with Gasteiger partial charge in [0.15, 0.2) is 0 Å². The summed E-state index contributed by atoms with van der Waals surface area (Å²) in [6, 6.07) is 14.4. The zero-order chi connectivity index (χ0) is 14.3. The highest BCUT2D eigenvalue weighted by Crippen LogP contribution is 2.22. The molecule has 0 bridgehead atoms. The molecule has 1 aliphatic rings. The van der Waals surface area contributed by atoms with E-state index in [1.165, 1.54) is 11.1 Å². The molecule has 2 heterocycles.